The Kier molecular flexibility index (Phi) is 8.32. The van der Waals surface area contributed by atoms with Gasteiger partial charge in [0.25, 0.3) is 0 Å². The predicted octanol–water partition coefficient (Wildman–Crippen LogP) is 2.93. The number of aliphatic imine (C=N–C) groups is 1. The van der Waals surface area contributed by atoms with Crippen molar-refractivity contribution in [3.05, 3.63) is 59.9 Å². The summed E-state index contributed by atoms with van der Waals surface area (Å²) in [6, 6.07) is 12.5. The van der Waals surface area contributed by atoms with Crippen LogP contribution in [0.15, 0.2) is 53.8 Å². The minimum absolute atomic E-state index is 0. The van der Waals surface area contributed by atoms with E-state index in [2.05, 4.69) is 67.0 Å². The van der Waals surface area contributed by atoms with Crippen LogP contribution in [0.25, 0.3) is 10.9 Å². The molecule has 0 unspecified atom stereocenters. The van der Waals surface area contributed by atoms with Crippen molar-refractivity contribution in [3.8, 4) is 0 Å². The zero-order valence-corrected chi connectivity index (χ0v) is 19.6. The van der Waals surface area contributed by atoms with E-state index in [1.165, 1.54) is 16.5 Å². The van der Waals surface area contributed by atoms with Gasteiger partial charge in [-0.3, -0.25) is 4.99 Å². The third kappa shape index (κ3) is 5.42. The van der Waals surface area contributed by atoms with E-state index in [0.717, 1.165) is 56.6 Å². The average molecular weight is 520 g/mol. The Morgan fingerprint density at radius 2 is 1.97 bits per heavy atom. The van der Waals surface area contributed by atoms with E-state index in [0.29, 0.717) is 6.54 Å². The van der Waals surface area contributed by atoms with Crippen LogP contribution in [-0.2, 0) is 17.7 Å². The van der Waals surface area contributed by atoms with E-state index in [9.17, 15) is 0 Å². The summed E-state index contributed by atoms with van der Waals surface area (Å²) in [5, 5.41) is 8.11. The lowest BCUT2D eigenvalue weighted by Gasteiger charge is -2.29. The minimum atomic E-state index is 0. The molecule has 3 heterocycles. The average Bonchev–Trinajstić information content (AvgIpc) is 3.20. The van der Waals surface area contributed by atoms with Gasteiger partial charge in [0.05, 0.1) is 13.2 Å². The molecule has 0 radical (unpaired) electrons. The number of hydrogen-bond acceptors (Lipinski definition) is 4. The molecule has 1 aliphatic rings. The Bertz CT molecular complexity index is 967. The predicted molar refractivity (Wildman–Crippen MR) is 133 cm³/mol. The molecule has 1 aliphatic heterocycles. The molecule has 30 heavy (non-hydrogen) atoms. The number of morpholine rings is 1. The van der Waals surface area contributed by atoms with Crippen LogP contribution in [0.5, 0.6) is 0 Å². The second kappa shape index (κ2) is 11.2. The zero-order chi connectivity index (χ0) is 19.9. The van der Waals surface area contributed by atoms with Crippen LogP contribution in [0.2, 0.25) is 0 Å². The number of H-pyrrole nitrogens is 1. The first-order valence-electron chi connectivity index (χ1n) is 10.1. The number of fused-ring (bicyclic) bond motifs is 1. The summed E-state index contributed by atoms with van der Waals surface area (Å²) in [6.07, 6.45) is 4.87. The monoisotopic (exact) mass is 520 g/mol. The molecule has 160 valence electrons. The smallest absolute Gasteiger partial charge is 0.191 e. The number of rotatable bonds is 6. The Morgan fingerprint density at radius 1 is 1.13 bits per heavy atom. The third-order valence-electron chi connectivity index (χ3n) is 5.21. The summed E-state index contributed by atoms with van der Waals surface area (Å²) < 4.78 is 5.46. The van der Waals surface area contributed by atoms with Gasteiger partial charge < -0.3 is 25.3 Å². The molecule has 0 amide bonds. The fourth-order valence-electron chi connectivity index (χ4n) is 3.68. The van der Waals surface area contributed by atoms with Crippen LogP contribution in [0, 0.1) is 0 Å². The molecular formula is C22H29IN6O. The van der Waals surface area contributed by atoms with Gasteiger partial charge in [0.15, 0.2) is 5.96 Å². The van der Waals surface area contributed by atoms with Gasteiger partial charge >= 0.3 is 0 Å². The number of aromatic amines is 1. The van der Waals surface area contributed by atoms with Crippen LogP contribution in [0.1, 0.15) is 11.1 Å². The van der Waals surface area contributed by atoms with Crippen molar-refractivity contribution in [2.24, 2.45) is 4.99 Å². The maximum absolute atomic E-state index is 5.46. The van der Waals surface area contributed by atoms with Crippen LogP contribution >= 0.6 is 24.0 Å². The highest BCUT2D eigenvalue weighted by Crippen LogP contribution is 2.19. The number of nitrogens with one attached hydrogen (secondary N) is 3. The highest BCUT2D eigenvalue weighted by atomic mass is 127. The molecule has 1 saturated heterocycles. The lowest BCUT2D eigenvalue weighted by atomic mass is 10.1. The van der Waals surface area contributed by atoms with E-state index in [1.54, 1.807) is 7.05 Å². The molecule has 8 heteroatoms. The Hall–Kier alpha value is -2.33. The number of halogens is 1. The Labute approximate surface area is 194 Å². The molecule has 0 atom stereocenters. The molecule has 0 saturated carbocycles. The molecule has 3 aromatic rings. The number of nitrogens with zero attached hydrogens (tertiary/aromatic N) is 3. The van der Waals surface area contributed by atoms with Gasteiger partial charge in [-0.1, -0.05) is 24.3 Å². The van der Waals surface area contributed by atoms with Gasteiger partial charge in [0.1, 0.15) is 5.82 Å². The van der Waals surface area contributed by atoms with Crippen LogP contribution in [-0.4, -0.2) is 55.8 Å². The number of ether oxygens (including phenoxy) is 1. The molecule has 0 spiro atoms. The minimum Gasteiger partial charge on any atom is -0.378 e. The Balaban J connectivity index is 0.00000256. The number of benzene rings is 1. The lowest BCUT2D eigenvalue weighted by Crippen LogP contribution is -2.40. The first-order valence-corrected chi connectivity index (χ1v) is 10.1. The molecule has 0 bridgehead atoms. The van der Waals surface area contributed by atoms with Crippen molar-refractivity contribution < 1.29 is 4.74 Å². The second-order valence-electron chi connectivity index (χ2n) is 7.05. The molecule has 4 rings (SSSR count). The fourth-order valence-corrected chi connectivity index (χ4v) is 3.68. The van der Waals surface area contributed by atoms with E-state index < -0.39 is 0 Å². The molecular weight excluding hydrogens is 491 g/mol. The fraction of sp³-hybridized carbons (Fsp3) is 0.364. The van der Waals surface area contributed by atoms with Gasteiger partial charge in [-0.15, -0.1) is 24.0 Å². The molecule has 7 nitrogen and oxygen atoms in total. The van der Waals surface area contributed by atoms with Gasteiger partial charge in [-0.2, -0.15) is 0 Å². The van der Waals surface area contributed by atoms with Gasteiger partial charge in [-0.25, -0.2) is 4.98 Å². The third-order valence-corrected chi connectivity index (χ3v) is 5.21. The van der Waals surface area contributed by atoms with Crippen molar-refractivity contribution >= 4 is 46.7 Å². The van der Waals surface area contributed by atoms with Gasteiger partial charge in [0, 0.05) is 62.1 Å². The summed E-state index contributed by atoms with van der Waals surface area (Å²) in [7, 11) is 1.80. The number of hydrogen-bond donors (Lipinski definition) is 3. The second-order valence-corrected chi connectivity index (χ2v) is 7.05. The molecule has 0 aliphatic carbocycles. The van der Waals surface area contributed by atoms with Crippen molar-refractivity contribution in [2.45, 2.75) is 13.0 Å². The summed E-state index contributed by atoms with van der Waals surface area (Å²) >= 11 is 0. The topological polar surface area (TPSA) is 77.6 Å². The van der Waals surface area contributed by atoms with Crippen molar-refractivity contribution in [1.29, 1.82) is 0 Å². The number of pyridine rings is 1. The SMILES string of the molecule is CN=C(NCCc1c[nH]c2ccccc12)NCc1cccnc1N1CCOCC1.I. The van der Waals surface area contributed by atoms with E-state index in [4.69, 9.17) is 4.74 Å². The largest absolute Gasteiger partial charge is 0.378 e. The van der Waals surface area contributed by atoms with Crippen LogP contribution in [0.3, 0.4) is 0 Å². The van der Waals surface area contributed by atoms with Crippen molar-refractivity contribution in [2.75, 3.05) is 44.8 Å². The zero-order valence-electron chi connectivity index (χ0n) is 17.2. The van der Waals surface area contributed by atoms with E-state index in [1.807, 2.05) is 12.3 Å². The number of aromatic nitrogens is 2. The molecule has 1 aromatic carbocycles. The number of guanidine groups is 1. The number of anilines is 1. The first kappa shape index (κ1) is 22.4. The molecule has 2 aromatic heterocycles. The summed E-state index contributed by atoms with van der Waals surface area (Å²) in [5.41, 5.74) is 3.65. The number of para-hydroxylation sites is 1. The van der Waals surface area contributed by atoms with E-state index in [-0.39, 0.29) is 24.0 Å². The highest BCUT2D eigenvalue weighted by Gasteiger charge is 2.15. The summed E-state index contributed by atoms with van der Waals surface area (Å²) in [6.45, 7) is 4.74. The normalized spacial score (nSPS) is 14.4. The lowest BCUT2D eigenvalue weighted by molar-refractivity contribution is 0.122. The van der Waals surface area contributed by atoms with Crippen LogP contribution in [0.4, 0.5) is 5.82 Å². The molecule has 3 N–H and O–H groups in total. The maximum atomic E-state index is 5.46. The summed E-state index contributed by atoms with van der Waals surface area (Å²) in [4.78, 5) is 14.6. The molecule has 1 fully saturated rings. The standard InChI is InChI=1S/C22H28N6O.HI/c1-23-22(25-10-8-17-15-26-20-7-3-2-6-19(17)20)27-16-18-5-4-9-24-21(18)28-11-13-29-14-12-28;/h2-7,9,15,26H,8,10-14,16H2,1H3,(H2,23,25,27);1H. The quantitative estimate of drug-likeness (QED) is 0.265. The highest BCUT2D eigenvalue weighted by molar-refractivity contribution is 14.0. The van der Waals surface area contributed by atoms with Gasteiger partial charge in [-0.05, 0) is 24.1 Å². The summed E-state index contributed by atoms with van der Waals surface area (Å²) in [5.74, 6) is 1.82. The van der Waals surface area contributed by atoms with E-state index >= 15 is 0 Å². The van der Waals surface area contributed by atoms with Gasteiger partial charge in [0.2, 0.25) is 0 Å². The Morgan fingerprint density at radius 3 is 2.80 bits per heavy atom. The van der Waals surface area contributed by atoms with Crippen molar-refractivity contribution in [3.63, 3.8) is 0 Å². The van der Waals surface area contributed by atoms with Crippen LogP contribution < -0.4 is 15.5 Å². The van der Waals surface area contributed by atoms with Crippen molar-refractivity contribution in [1.82, 2.24) is 20.6 Å². The maximum Gasteiger partial charge on any atom is 0.191 e. The first-order chi connectivity index (χ1) is 14.3.